The fourth-order valence-electron chi connectivity index (χ4n) is 1.63. The molecule has 2 rings (SSSR count). The fourth-order valence-corrected chi connectivity index (χ4v) is 1.63. The molecule has 0 radical (unpaired) electrons. The molecule has 0 atom stereocenters. The summed E-state index contributed by atoms with van der Waals surface area (Å²) >= 11 is 0. The maximum absolute atomic E-state index is 11.8. The summed E-state index contributed by atoms with van der Waals surface area (Å²) in [4.78, 5) is 26.6. The van der Waals surface area contributed by atoms with Crippen molar-refractivity contribution in [3.05, 3.63) is 22.1 Å². The lowest BCUT2D eigenvalue weighted by Gasteiger charge is -2.31. The lowest BCUT2D eigenvalue weighted by molar-refractivity contribution is 0.0658. The van der Waals surface area contributed by atoms with Crippen LogP contribution in [0.25, 0.3) is 0 Å². The molecule has 1 aromatic heterocycles. The first kappa shape index (κ1) is 9.97. The molecule has 82 valence electrons. The molecule has 1 aliphatic heterocycles. The first-order valence-electron chi connectivity index (χ1n) is 4.92. The second-order valence-electron chi connectivity index (χ2n) is 3.77. The van der Waals surface area contributed by atoms with Crippen LogP contribution in [0.1, 0.15) is 10.5 Å². The number of carbonyl (C=O) groups excluding carboxylic acids is 1. The van der Waals surface area contributed by atoms with Crippen molar-refractivity contribution in [2.45, 2.75) is 0 Å². The molecule has 1 aliphatic rings. The molecule has 2 N–H and O–H groups in total. The van der Waals surface area contributed by atoms with Crippen molar-refractivity contribution in [1.29, 1.82) is 0 Å². The topological polar surface area (TPSA) is 72.2 Å². The van der Waals surface area contributed by atoms with Crippen molar-refractivity contribution in [1.82, 2.24) is 20.0 Å². The number of hydrogen-bond donors (Lipinski definition) is 2. The Morgan fingerprint density at radius 2 is 1.93 bits per heavy atom. The summed E-state index contributed by atoms with van der Waals surface area (Å²) in [5, 5.41) is 4.93. The van der Waals surface area contributed by atoms with Crippen LogP contribution in [0.5, 0.6) is 0 Å². The number of H-pyrrole nitrogens is 2. The Hall–Kier alpha value is -1.56. The van der Waals surface area contributed by atoms with E-state index in [4.69, 9.17) is 0 Å². The lowest BCUT2D eigenvalue weighted by Crippen LogP contribution is -2.47. The average molecular weight is 210 g/mol. The molecule has 0 aliphatic carbocycles. The SMILES string of the molecule is CN1CCN(C(=O)c2cc(=O)[nH][nH]2)CC1. The van der Waals surface area contributed by atoms with E-state index in [0.29, 0.717) is 18.8 Å². The second-order valence-corrected chi connectivity index (χ2v) is 3.77. The Balaban J connectivity index is 2.05. The molecule has 0 aromatic carbocycles. The van der Waals surface area contributed by atoms with Crippen molar-refractivity contribution < 1.29 is 4.79 Å². The summed E-state index contributed by atoms with van der Waals surface area (Å²) in [6.45, 7) is 3.17. The monoisotopic (exact) mass is 210 g/mol. The molecule has 6 nitrogen and oxygen atoms in total. The van der Waals surface area contributed by atoms with E-state index < -0.39 is 0 Å². The number of nitrogens with one attached hydrogen (secondary N) is 2. The second kappa shape index (κ2) is 3.90. The zero-order valence-electron chi connectivity index (χ0n) is 8.62. The molecular weight excluding hydrogens is 196 g/mol. The zero-order valence-corrected chi connectivity index (χ0v) is 8.62. The van der Waals surface area contributed by atoms with E-state index in [0.717, 1.165) is 13.1 Å². The Kier molecular flexibility index (Phi) is 2.59. The molecule has 0 unspecified atom stereocenters. The number of amides is 1. The molecule has 6 heteroatoms. The van der Waals surface area contributed by atoms with Crippen molar-refractivity contribution in [2.24, 2.45) is 0 Å². The van der Waals surface area contributed by atoms with Gasteiger partial charge in [0, 0.05) is 32.2 Å². The number of nitrogens with zero attached hydrogens (tertiary/aromatic N) is 2. The van der Waals surface area contributed by atoms with Crippen molar-refractivity contribution in [3.63, 3.8) is 0 Å². The Bertz CT molecular complexity index is 400. The van der Waals surface area contributed by atoms with Gasteiger partial charge in [0.15, 0.2) is 0 Å². The normalized spacial score (nSPS) is 18.1. The minimum absolute atomic E-state index is 0.110. The third-order valence-corrected chi connectivity index (χ3v) is 2.62. The van der Waals surface area contributed by atoms with Gasteiger partial charge in [-0.25, -0.2) is 0 Å². The van der Waals surface area contributed by atoms with Crippen molar-refractivity contribution >= 4 is 5.91 Å². The molecule has 2 heterocycles. The van der Waals surface area contributed by atoms with Crippen LogP contribution in [0.3, 0.4) is 0 Å². The molecular formula is C9H14N4O2. The maximum atomic E-state index is 11.8. The van der Waals surface area contributed by atoms with Gasteiger partial charge in [0.25, 0.3) is 11.5 Å². The summed E-state index contributed by atoms with van der Waals surface area (Å²) in [6, 6.07) is 1.29. The average Bonchev–Trinajstić information content (AvgIpc) is 2.65. The highest BCUT2D eigenvalue weighted by Crippen LogP contribution is 2.03. The van der Waals surface area contributed by atoms with Crippen LogP contribution in [0.4, 0.5) is 0 Å². The number of hydrogen-bond acceptors (Lipinski definition) is 3. The van der Waals surface area contributed by atoms with Gasteiger partial charge in [-0.3, -0.25) is 19.8 Å². The van der Waals surface area contributed by atoms with E-state index in [1.54, 1.807) is 4.90 Å². The van der Waals surface area contributed by atoms with E-state index in [1.165, 1.54) is 6.07 Å². The van der Waals surface area contributed by atoms with Gasteiger partial charge in [-0.1, -0.05) is 0 Å². The first-order valence-corrected chi connectivity index (χ1v) is 4.92. The van der Waals surface area contributed by atoms with Gasteiger partial charge >= 0.3 is 0 Å². The minimum atomic E-state index is -0.271. The summed E-state index contributed by atoms with van der Waals surface area (Å²) in [7, 11) is 2.03. The molecule has 1 saturated heterocycles. The van der Waals surface area contributed by atoms with Crippen molar-refractivity contribution in [3.8, 4) is 0 Å². The van der Waals surface area contributed by atoms with Crippen LogP contribution in [-0.2, 0) is 0 Å². The molecule has 15 heavy (non-hydrogen) atoms. The minimum Gasteiger partial charge on any atom is -0.335 e. The highest BCUT2D eigenvalue weighted by molar-refractivity contribution is 5.92. The number of rotatable bonds is 1. The van der Waals surface area contributed by atoms with Crippen LogP contribution in [0, 0.1) is 0 Å². The number of piperazine rings is 1. The molecule has 0 bridgehead atoms. The molecule has 0 saturated carbocycles. The summed E-state index contributed by atoms with van der Waals surface area (Å²) < 4.78 is 0. The fraction of sp³-hybridized carbons (Fsp3) is 0.556. The predicted molar refractivity (Wildman–Crippen MR) is 54.8 cm³/mol. The Labute approximate surface area is 86.9 Å². The smallest absolute Gasteiger partial charge is 0.272 e. The van der Waals surface area contributed by atoms with Crippen LogP contribution < -0.4 is 5.56 Å². The summed E-state index contributed by atoms with van der Waals surface area (Å²) in [5.74, 6) is -0.110. The van der Waals surface area contributed by atoms with E-state index >= 15 is 0 Å². The van der Waals surface area contributed by atoms with Gasteiger partial charge in [0.2, 0.25) is 0 Å². The van der Waals surface area contributed by atoms with Gasteiger partial charge in [0.1, 0.15) is 5.69 Å². The number of aromatic amines is 2. The first-order chi connectivity index (χ1) is 7.16. The van der Waals surface area contributed by atoms with Crippen molar-refractivity contribution in [2.75, 3.05) is 33.2 Å². The molecule has 0 spiro atoms. The van der Waals surface area contributed by atoms with Gasteiger partial charge in [-0.15, -0.1) is 0 Å². The third kappa shape index (κ3) is 2.10. The molecule has 1 aromatic rings. The van der Waals surface area contributed by atoms with Crippen LogP contribution in [0.15, 0.2) is 10.9 Å². The third-order valence-electron chi connectivity index (χ3n) is 2.62. The highest BCUT2D eigenvalue weighted by Gasteiger charge is 2.21. The Morgan fingerprint density at radius 1 is 1.27 bits per heavy atom. The highest BCUT2D eigenvalue weighted by atomic mass is 16.2. The standard InChI is InChI=1S/C9H14N4O2/c1-12-2-4-13(5-3-12)9(15)7-6-8(14)11-10-7/h6H,2-5H2,1H3,(H2,10,11,14). The van der Waals surface area contributed by atoms with Crippen LogP contribution in [0.2, 0.25) is 0 Å². The molecule has 1 amide bonds. The maximum Gasteiger partial charge on any atom is 0.272 e. The van der Waals surface area contributed by atoms with Gasteiger partial charge in [-0.05, 0) is 7.05 Å². The zero-order chi connectivity index (χ0) is 10.8. The van der Waals surface area contributed by atoms with E-state index in [1.807, 2.05) is 7.05 Å². The number of carbonyl (C=O) groups is 1. The van der Waals surface area contributed by atoms with E-state index in [9.17, 15) is 9.59 Å². The van der Waals surface area contributed by atoms with Gasteiger partial charge in [-0.2, -0.15) is 0 Å². The quantitative estimate of drug-likeness (QED) is 0.630. The number of aromatic nitrogens is 2. The van der Waals surface area contributed by atoms with Gasteiger partial charge < -0.3 is 9.80 Å². The number of likely N-dealkylation sites (N-methyl/N-ethyl adjacent to an activating group) is 1. The summed E-state index contributed by atoms with van der Waals surface area (Å²) in [6.07, 6.45) is 0. The largest absolute Gasteiger partial charge is 0.335 e. The van der Waals surface area contributed by atoms with Gasteiger partial charge in [0.05, 0.1) is 0 Å². The lowest BCUT2D eigenvalue weighted by atomic mass is 10.3. The van der Waals surface area contributed by atoms with Crippen LogP contribution >= 0.6 is 0 Å². The van der Waals surface area contributed by atoms with Crippen LogP contribution in [-0.4, -0.2) is 59.1 Å². The summed E-state index contributed by atoms with van der Waals surface area (Å²) in [5.41, 5.74) is 0.0667. The van der Waals surface area contributed by atoms with E-state index in [2.05, 4.69) is 15.1 Å². The molecule has 1 fully saturated rings. The van der Waals surface area contributed by atoms with E-state index in [-0.39, 0.29) is 11.5 Å². The Morgan fingerprint density at radius 3 is 2.47 bits per heavy atom. The predicted octanol–water partition coefficient (Wildman–Crippen LogP) is -0.909.